The Balaban J connectivity index is 2.29. The van der Waals surface area contributed by atoms with Crippen molar-refractivity contribution < 1.29 is 27.5 Å². The maximum atomic E-state index is 13.0. The number of carbonyl (C=O) groups is 2. The quantitative estimate of drug-likeness (QED) is 0.842. The Morgan fingerprint density at radius 3 is 2.42 bits per heavy atom. The number of ether oxygens (including phenoxy) is 1. The lowest BCUT2D eigenvalue weighted by Crippen LogP contribution is -2.14. The first-order valence-electron chi connectivity index (χ1n) is 6.85. The van der Waals surface area contributed by atoms with Crippen molar-refractivity contribution in [2.75, 3.05) is 11.9 Å². The van der Waals surface area contributed by atoms with Crippen LogP contribution in [0.3, 0.4) is 0 Å². The van der Waals surface area contributed by atoms with Crippen LogP contribution in [0.1, 0.15) is 38.2 Å². The number of nitrogens with zero attached hydrogens (tertiary/aromatic N) is 1. The summed E-state index contributed by atoms with van der Waals surface area (Å²) in [6, 6.07) is 6.47. The number of hydrogen-bond donors (Lipinski definition) is 1. The number of alkyl halides is 3. The number of halogens is 3. The van der Waals surface area contributed by atoms with Gasteiger partial charge in [0.2, 0.25) is 0 Å². The Morgan fingerprint density at radius 2 is 1.88 bits per heavy atom. The molecule has 0 aliphatic heterocycles. The highest BCUT2D eigenvalue weighted by Gasteiger charge is 2.40. The van der Waals surface area contributed by atoms with Gasteiger partial charge in [0.25, 0.3) is 5.91 Å². The molecule has 128 valence electrons. The summed E-state index contributed by atoms with van der Waals surface area (Å²) >= 11 is 0.423. The molecule has 0 fully saturated rings. The Bertz CT molecular complexity index is 754. The molecule has 2 rings (SSSR count). The van der Waals surface area contributed by atoms with Crippen molar-refractivity contribution in [3.63, 3.8) is 0 Å². The van der Waals surface area contributed by atoms with Gasteiger partial charge in [0, 0.05) is 5.56 Å². The van der Waals surface area contributed by atoms with E-state index < -0.39 is 28.6 Å². The summed E-state index contributed by atoms with van der Waals surface area (Å²) in [5.41, 5.74) is -0.169. The molecule has 1 heterocycles. The third-order valence-electron chi connectivity index (χ3n) is 2.89. The van der Waals surface area contributed by atoms with Crippen LogP contribution in [0, 0.1) is 6.92 Å². The number of hydrogen-bond acceptors (Lipinski definition) is 5. The first kappa shape index (κ1) is 17.9. The van der Waals surface area contributed by atoms with Crippen molar-refractivity contribution in [2.45, 2.75) is 20.0 Å². The molecule has 0 aliphatic rings. The number of aromatic nitrogens is 1. The number of thiazole rings is 1. The Labute approximate surface area is 139 Å². The molecule has 1 aromatic carbocycles. The van der Waals surface area contributed by atoms with Gasteiger partial charge in [-0.3, -0.25) is 10.1 Å². The fraction of sp³-hybridized carbons (Fsp3) is 0.267. The van der Waals surface area contributed by atoms with Crippen LogP contribution in [0.4, 0.5) is 18.3 Å². The summed E-state index contributed by atoms with van der Waals surface area (Å²) < 4.78 is 43.6. The van der Waals surface area contributed by atoms with E-state index in [0.717, 1.165) is 5.56 Å². The van der Waals surface area contributed by atoms with E-state index in [1.165, 1.54) is 19.1 Å². The number of esters is 1. The molecule has 5 nitrogen and oxygen atoms in total. The van der Waals surface area contributed by atoms with Crippen LogP contribution in [0.25, 0.3) is 0 Å². The Kier molecular flexibility index (Phi) is 5.23. The standard InChI is InChI=1S/C15H13F3N2O3S/c1-3-23-13(22)10-11(15(16,17)18)19-14(24-10)20-12(21)9-6-4-8(2)5-7-9/h4-7H,3H2,1-2H3,(H,19,20,21). The SMILES string of the molecule is CCOC(=O)c1sc(NC(=O)c2ccc(C)cc2)nc1C(F)(F)F. The zero-order valence-electron chi connectivity index (χ0n) is 12.7. The molecule has 0 saturated carbocycles. The second kappa shape index (κ2) is 7.00. The van der Waals surface area contributed by atoms with E-state index in [1.807, 2.05) is 6.92 Å². The topological polar surface area (TPSA) is 68.3 Å². The van der Waals surface area contributed by atoms with Crippen molar-refractivity contribution >= 4 is 28.3 Å². The third kappa shape index (κ3) is 4.10. The molecule has 0 spiro atoms. The van der Waals surface area contributed by atoms with Gasteiger partial charge in [-0.2, -0.15) is 13.2 Å². The summed E-state index contributed by atoms with van der Waals surface area (Å²) in [7, 11) is 0. The van der Waals surface area contributed by atoms with Crippen molar-refractivity contribution in [3.05, 3.63) is 46.0 Å². The lowest BCUT2D eigenvalue weighted by molar-refractivity contribution is -0.141. The lowest BCUT2D eigenvalue weighted by Gasteiger charge is -2.05. The minimum atomic E-state index is -4.83. The maximum absolute atomic E-state index is 13.0. The van der Waals surface area contributed by atoms with Crippen LogP contribution in [0.2, 0.25) is 0 Å². The molecular formula is C15H13F3N2O3S. The zero-order chi connectivity index (χ0) is 17.9. The predicted octanol–water partition coefficient (Wildman–Crippen LogP) is 3.90. The fourth-order valence-corrected chi connectivity index (χ4v) is 2.65. The summed E-state index contributed by atoms with van der Waals surface area (Å²) in [5, 5.41) is 1.95. The highest BCUT2D eigenvalue weighted by Crippen LogP contribution is 2.36. The summed E-state index contributed by atoms with van der Waals surface area (Å²) in [6.07, 6.45) is -4.83. The maximum Gasteiger partial charge on any atom is 0.435 e. The average molecular weight is 358 g/mol. The zero-order valence-corrected chi connectivity index (χ0v) is 13.5. The minimum Gasteiger partial charge on any atom is -0.462 e. The highest BCUT2D eigenvalue weighted by molar-refractivity contribution is 7.17. The van der Waals surface area contributed by atoms with Crippen LogP contribution in [0.5, 0.6) is 0 Å². The summed E-state index contributed by atoms with van der Waals surface area (Å²) in [4.78, 5) is 26.3. The number of carbonyl (C=O) groups excluding carboxylic acids is 2. The number of benzene rings is 1. The molecule has 0 aliphatic carbocycles. The summed E-state index contributed by atoms with van der Waals surface area (Å²) in [6.45, 7) is 3.25. The van der Waals surface area contributed by atoms with Crippen molar-refractivity contribution in [1.29, 1.82) is 0 Å². The van der Waals surface area contributed by atoms with Gasteiger partial charge < -0.3 is 4.74 Å². The monoisotopic (exact) mass is 358 g/mol. The number of rotatable bonds is 4. The van der Waals surface area contributed by atoms with Gasteiger partial charge in [-0.05, 0) is 26.0 Å². The highest BCUT2D eigenvalue weighted by atomic mass is 32.1. The Morgan fingerprint density at radius 1 is 1.25 bits per heavy atom. The van der Waals surface area contributed by atoms with Gasteiger partial charge in [-0.25, -0.2) is 9.78 Å². The van der Waals surface area contributed by atoms with Crippen molar-refractivity contribution in [3.8, 4) is 0 Å². The largest absolute Gasteiger partial charge is 0.462 e. The molecule has 1 aromatic heterocycles. The molecule has 0 bridgehead atoms. The van der Waals surface area contributed by atoms with Crippen molar-refractivity contribution in [1.82, 2.24) is 4.98 Å². The van der Waals surface area contributed by atoms with Gasteiger partial charge in [-0.15, -0.1) is 0 Å². The molecule has 0 saturated heterocycles. The molecule has 0 radical (unpaired) electrons. The molecule has 0 unspecified atom stereocenters. The normalized spacial score (nSPS) is 11.2. The number of aryl methyl sites for hydroxylation is 1. The van der Waals surface area contributed by atoms with Gasteiger partial charge in [0.1, 0.15) is 4.88 Å². The van der Waals surface area contributed by atoms with E-state index in [1.54, 1.807) is 12.1 Å². The molecule has 24 heavy (non-hydrogen) atoms. The third-order valence-corrected chi connectivity index (χ3v) is 3.84. The fourth-order valence-electron chi connectivity index (χ4n) is 1.77. The molecule has 1 N–H and O–H groups in total. The van der Waals surface area contributed by atoms with Crippen LogP contribution < -0.4 is 5.32 Å². The van der Waals surface area contributed by atoms with E-state index in [-0.39, 0.29) is 17.3 Å². The van der Waals surface area contributed by atoms with E-state index in [2.05, 4.69) is 15.0 Å². The minimum absolute atomic E-state index is 0.0703. The number of amides is 1. The van der Waals surface area contributed by atoms with Gasteiger partial charge >= 0.3 is 12.1 Å². The Hall–Kier alpha value is -2.42. The molecular weight excluding hydrogens is 345 g/mol. The average Bonchev–Trinajstić information content (AvgIpc) is 2.92. The van der Waals surface area contributed by atoms with E-state index >= 15 is 0 Å². The number of nitrogens with one attached hydrogen (secondary N) is 1. The molecule has 2 aromatic rings. The predicted molar refractivity (Wildman–Crippen MR) is 82.2 cm³/mol. The summed E-state index contributed by atoms with van der Waals surface area (Å²) in [5.74, 6) is -1.74. The smallest absolute Gasteiger partial charge is 0.435 e. The van der Waals surface area contributed by atoms with Crippen LogP contribution in [-0.4, -0.2) is 23.5 Å². The molecule has 0 atom stereocenters. The first-order chi connectivity index (χ1) is 11.2. The lowest BCUT2D eigenvalue weighted by atomic mass is 10.1. The van der Waals surface area contributed by atoms with Crippen LogP contribution in [0.15, 0.2) is 24.3 Å². The van der Waals surface area contributed by atoms with Crippen molar-refractivity contribution in [2.24, 2.45) is 0 Å². The van der Waals surface area contributed by atoms with E-state index in [4.69, 9.17) is 0 Å². The van der Waals surface area contributed by atoms with Gasteiger partial charge in [0.05, 0.1) is 6.61 Å². The molecule has 9 heteroatoms. The second-order valence-corrected chi connectivity index (χ2v) is 5.73. The first-order valence-corrected chi connectivity index (χ1v) is 7.67. The second-order valence-electron chi connectivity index (χ2n) is 4.74. The van der Waals surface area contributed by atoms with Crippen LogP contribution in [-0.2, 0) is 10.9 Å². The van der Waals surface area contributed by atoms with Gasteiger partial charge in [0.15, 0.2) is 10.8 Å². The molecule has 1 amide bonds. The number of anilines is 1. The van der Waals surface area contributed by atoms with E-state index in [0.29, 0.717) is 11.3 Å². The van der Waals surface area contributed by atoms with Crippen LogP contribution >= 0.6 is 11.3 Å². The van der Waals surface area contributed by atoms with Gasteiger partial charge in [-0.1, -0.05) is 29.0 Å². The van der Waals surface area contributed by atoms with E-state index in [9.17, 15) is 22.8 Å².